The van der Waals surface area contributed by atoms with Crippen LogP contribution in [0, 0.1) is 0 Å². The molecule has 0 aliphatic carbocycles. The molecule has 0 aromatic heterocycles. The van der Waals surface area contributed by atoms with Crippen LogP contribution in [-0.4, -0.2) is 39.7 Å². The lowest BCUT2D eigenvalue weighted by molar-refractivity contribution is -0.152. The normalized spacial score (nSPS) is 25.7. The molecular formula is C17H25NO3. The van der Waals surface area contributed by atoms with Crippen LogP contribution in [0.25, 0.3) is 0 Å². The van der Waals surface area contributed by atoms with Gasteiger partial charge < -0.3 is 10.2 Å². The van der Waals surface area contributed by atoms with E-state index in [0.29, 0.717) is 19.4 Å². The maximum absolute atomic E-state index is 11.8. The van der Waals surface area contributed by atoms with Gasteiger partial charge in [-0.25, -0.2) is 0 Å². The van der Waals surface area contributed by atoms with Crippen LogP contribution in [0.4, 0.5) is 0 Å². The molecule has 0 amide bonds. The van der Waals surface area contributed by atoms with Crippen LogP contribution >= 0.6 is 0 Å². The molecule has 2 unspecified atom stereocenters. The molecule has 1 saturated heterocycles. The molecule has 4 nitrogen and oxygen atoms in total. The van der Waals surface area contributed by atoms with E-state index in [9.17, 15) is 15.0 Å². The monoisotopic (exact) mass is 291 g/mol. The summed E-state index contributed by atoms with van der Waals surface area (Å²) in [5, 5.41) is 20.5. The van der Waals surface area contributed by atoms with Crippen molar-refractivity contribution in [2.45, 2.75) is 50.7 Å². The maximum atomic E-state index is 11.8. The molecule has 1 fully saturated rings. The summed E-state index contributed by atoms with van der Waals surface area (Å²) in [7, 11) is 0. The van der Waals surface area contributed by atoms with Crippen LogP contribution in [0.3, 0.4) is 0 Å². The number of carbonyl (C=O) groups is 1. The highest BCUT2D eigenvalue weighted by Gasteiger charge is 2.48. The van der Waals surface area contributed by atoms with Gasteiger partial charge in [-0.15, -0.1) is 0 Å². The first kappa shape index (κ1) is 16.0. The first-order valence-electron chi connectivity index (χ1n) is 7.69. The highest BCUT2D eigenvalue weighted by atomic mass is 16.4. The van der Waals surface area contributed by atoms with Gasteiger partial charge in [-0.05, 0) is 38.3 Å². The molecule has 116 valence electrons. The zero-order chi connectivity index (χ0) is 15.5. The Kier molecular flexibility index (Phi) is 4.69. The number of carboxylic acids is 1. The van der Waals surface area contributed by atoms with Crippen molar-refractivity contribution in [3.05, 3.63) is 35.9 Å². The zero-order valence-corrected chi connectivity index (χ0v) is 12.9. The molecular weight excluding hydrogens is 266 g/mol. The Labute approximate surface area is 126 Å². The van der Waals surface area contributed by atoms with Crippen LogP contribution in [0.1, 0.15) is 45.1 Å². The number of benzene rings is 1. The quantitative estimate of drug-likeness (QED) is 0.846. The second-order valence-electron chi connectivity index (χ2n) is 6.25. The largest absolute Gasteiger partial charge is 0.480 e. The van der Waals surface area contributed by atoms with E-state index >= 15 is 0 Å². The Balaban J connectivity index is 2.23. The summed E-state index contributed by atoms with van der Waals surface area (Å²) in [6.45, 7) is 4.86. The maximum Gasteiger partial charge on any atom is 0.324 e. The van der Waals surface area contributed by atoms with Crippen LogP contribution in [-0.2, 0) is 10.4 Å². The minimum atomic E-state index is -1.04. The van der Waals surface area contributed by atoms with Gasteiger partial charge in [0.05, 0.1) is 5.60 Å². The van der Waals surface area contributed by atoms with E-state index in [1.165, 1.54) is 0 Å². The number of likely N-dealkylation sites (tertiary alicyclic amines) is 1. The molecule has 0 saturated carbocycles. The van der Waals surface area contributed by atoms with E-state index < -0.39 is 17.1 Å². The van der Waals surface area contributed by atoms with E-state index in [-0.39, 0.29) is 0 Å². The van der Waals surface area contributed by atoms with Gasteiger partial charge in [-0.3, -0.25) is 9.69 Å². The second-order valence-corrected chi connectivity index (χ2v) is 6.25. The van der Waals surface area contributed by atoms with Crippen molar-refractivity contribution >= 4 is 5.97 Å². The summed E-state index contributed by atoms with van der Waals surface area (Å²) >= 11 is 0. The standard InChI is InChI=1S/C17H25NO3/c1-3-10-17(15(19)20)11-7-12-18(17)13-16(2,21)14-8-5-4-6-9-14/h4-6,8-9,21H,3,7,10-13H2,1-2H3,(H,19,20). The first-order chi connectivity index (χ1) is 9.92. The van der Waals surface area contributed by atoms with Gasteiger partial charge in [0.1, 0.15) is 5.54 Å². The van der Waals surface area contributed by atoms with E-state index in [4.69, 9.17) is 0 Å². The smallest absolute Gasteiger partial charge is 0.324 e. The highest BCUT2D eigenvalue weighted by Crippen LogP contribution is 2.36. The van der Waals surface area contributed by atoms with Gasteiger partial charge in [0.2, 0.25) is 0 Å². The van der Waals surface area contributed by atoms with Crippen LogP contribution < -0.4 is 0 Å². The average molecular weight is 291 g/mol. The third-order valence-electron chi connectivity index (χ3n) is 4.58. The third-order valence-corrected chi connectivity index (χ3v) is 4.58. The topological polar surface area (TPSA) is 60.8 Å². The number of hydrogen-bond acceptors (Lipinski definition) is 3. The molecule has 4 heteroatoms. The van der Waals surface area contributed by atoms with Gasteiger partial charge >= 0.3 is 5.97 Å². The SMILES string of the molecule is CCCC1(C(=O)O)CCCN1CC(C)(O)c1ccccc1. The Bertz CT molecular complexity index is 486. The number of aliphatic hydroxyl groups is 1. The Hall–Kier alpha value is -1.39. The molecule has 2 rings (SSSR count). The fourth-order valence-electron chi connectivity index (χ4n) is 3.47. The lowest BCUT2D eigenvalue weighted by atomic mass is 9.88. The lowest BCUT2D eigenvalue weighted by Crippen LogP contribution is -2.54. The number of β-amino-alcohol motifs (C(OH)–C–C–N with tert-alkyl or cyclic N) is 1. The number of hydrogen-bond donors (Lipinski definition) is 2. The van der Waals surface area contributed by atoms with E-state index in [1.54, 1.807) is 6.92 Å². The summed E-state index contributed by atoms with van der Waals surface area (Å²) in [5.41, 5.74) is -1.03. The molecule has 1 aliphatic rings. The molecule has 1 aromatic rings. The summed E-state index contributed by atoms with van der Waals surface area (Å²) in [6.07, 6.45) is 3.00. The van der Waals surface area contributed by atoms with E-state index in [2.05, 4.69) is 0 Å². The summed E-state index contributed by atoms with van der Waals surface area (Å²) in [4.78, 5) is 13.8. The van der Waals surface area contributed by atoms with Crippen molar-refractivity contribution in [2.24, 2.45) is 0 Å². The van der Waals surface area contributed by atoms with Crippen LogP contribution in [0.2, 0.25) is 0 Å². The second kappa shape index (κ2) is 6.16. The molecule has 2 atom stereocenters. The van der Waals surface area contributed by atoms with Gasteiger partial charge in [0.15, 0.2) is 0 Å². The molecule has 0 spiro atoms. The van der Waals surface area contributed by atoms with Crippen molar-refractivity contribution in [3.8, 4) is 0 Å². The van der Waals surface area contributed by atoms with Crippen LogP contribution in [0.15, 0.2) is 30.3 Å². The fourth-order valence-corrected chi connectivity index (χ4v) is 3.47. The average Bonchev–Trinajstić information content (AvgIpc) is 2.84. The number of carboxylic acid groups (broad SMARTS) is 1. The van der Waals surface area contributed by atoms with Crippen LogP contribution in [0.5, 0.6) is 0 Å². The summed E-state index contributed by atoms with van der Waals surface area (Å²) in [6, 6.07) is 9.47. The summed E-state index contributed by atoms with van der Waals surface area (Å²) < 4.78 is 0. The summed E-state index contributed by atoms with van der Waals surface area (Å²) in [5.74, 6) is -0.759. The molecule has 1 heterocycles. The van der Waals surface area contributed by atoms with E-state index in [1.807, 2.05) is 42.2 Å². The minimum absolute atomic E-state index is 0.351. The van der Waals surface area contributed by atoms with Crippen molar-refractivity contribution in [2.75, 3.05) is 13.1 Å². The number of aliphatic carboxylic acids is 1. The molecule has 1 aromatic carbocycles. The van der Waals surface area contributed by atoms with Gasteiger partial charge in [-0.1, -0.05) is 43.7 Å². The Morgan fingerprint density at radius 2 is 2.05 bits per heavy atom. The van der Waals surface area contributed by atoms with Gasteiger partial charge in [0.25, 0.3) is 0 Å². The molecule has 0 radical (unpaired) electrons. The van der Waals surface area contributed by atoms with Crippen molar-refractivity contribution < 1.29 is 15.0 Å². The van der Waals surface area contributed by atoms with Crippen molar-refractivity contribution in [3.63, 3.8) is 0 Å². The third kappa shape index (κ3) is 3.11. The van der Waals surface area contributed by atoms with Gasteiger partial charge in [0, 0.05) is 6.54 Å². The Morgan fingerprint density at radius 1 is 1.38 bits per heavy atom. The number of rotatable bonds is 6. The number of nitrogens with zero attached hydrogens (tertiary/aromatic N) is 1. The van der Waals surface area contributed by atoms with Gasteiger partial charge in [-0.2, -0.15) is 0 Å². The minimum Gasteiger partial charge on any atom is -0.480 e. The lowest BCUT2D eigenvalue weighted by Gasteiger charge is -2.39. The molecule has 2 N–H and O–H groups in total. The Morgan fingerprint density at radius 3 is 2.62 bits per heavy atom. The zero-order valence-electron chi connectivity index (χ0n) is 12.9. The predicted octanol–water partition coefficient (Wildman–Crippen LogP) is 2.61. The highest BCUT2D eigenvalue weighted by molar-refractivity contribution is 5.79. The fraction of sp³-hybridized carbons (Fsp3) is 0.588. The van der Waals surface area contributed by atoms with Crippen molar-refractivity contribution in [1.82, 2.24) is 4.90 Å². The predicted molar refractivity (Wildman–Crippen MR) is 82.1 cm³/mol. The first-order valence-corrected chi connectivity index (χ1v) is 7.69. The van der Waals surface area contributed by atoms with Crippen molar-refractivity contribution in [1.29, 1.82) is 0 Å². The molecule has 0 bridgehead atoms. The molecule has 1 aliphatic heterocycles. The van der Waals surface area contributed by atoms with E-state index in [0.717, 1.165) is 24.9 Å². The molecule has 21 heavy (non-hydrogen) atoms.